The Labute approximate surface area is 325 Å². The molecule has 0 fully saturated rings. The lowest BCUT2D eigenvalue weighted by molar-refractivity contribution is 0.153. The van der Waals surface area contributed by atoms with Crippen molar-refractivity contribution in [2.75, 3.05) is 13.2 Å². The zero-order valence-electron chi connectivity index (χ0n) is 33.9. The molecule has 0 spiro atoms. The first-order chi connectivity index (χ1) is 23.1. The molecule has 0 aromatic heterocycles. The van der Waals surface area contributed by atoms with E-state index in [1.165, 1.54) is 12.1 Å². The third-order valence-electron chi connectivity index (χ3n) is 10.4. The Balaban J connectivity index is 0.00000108. The quantitative estimate of drug-likeness (QED) is 0.0512. The summed E-state index contributed by atoms with van der Waals surface area (Å²) in [5, 5.41) is 9.86. The molecule has 296 valence electrons. The van der Waals surface area contributed by atoms with Crippen LogP contribution in [0.15, 0.2) is 17.0 Å². The molecule has 0 amide bonds. The van der Waals surface area contributed by atoms with Crippen molar-refractivity contribution in [2.45, 2.75) is 199 Å². The summed E-state index contributed by atoms with van der Waals surface area (Å²) in [4.78, 5) is -0.160. The summed E-state index contributed by atoms with van der Waals surface area (Å²) in [6.07, 6.45) is 6.27. The SMILES string of the molecule is CCC(CCCCO[Si](C(C)C)(C(C)C)C(C)C)OS(=O)(=O)c1cc(Cl)c(Cl)cc1Cl.CCC(O)CCCCO[Si](C(C)C)(C(C)C)C(C)C. The van der Waals surface area contributed by atoms with Crippen LogP contribution >= 0.6 is 34.8 Å². The Bertz CT molecular complexity index is 1150. The van der Waals surface area contributed by atoms with Gasteiger partial charge in [0.1, 0.15) is 4.90 Å². The van der Waals surface area contributed by atoms with Gasteiger partial charge in [-0.05, 0) is 96.7 Å². The number of hydrogen-bond donors (Lipinski definition) is 1. The molecule has 0 saturated carbocycles. The van der Waals surface area contributed by atoms with E-state index in [2.05, 4.69) is 83.1 Å². The molecule has 0 aliphatic carbocycles. The van der Waals surface area contributed by atoms with Crippen LogP contribution < -0.4 is 0 Å². The molecule has 2 atom stereocenters. The minimum Gasteiger partial charge on any atom is -0.416 e. The van der Waals surface area contributed by atoms with Crippen molar-refractivity contribution in [3.05, 3.63) is 27.2 Å². The highest BCUT2D eigenvalue weighted by molar-refractivity contribution is 7.87. The molecule has 50 heavy (non-hydrogen) atoms. The molecule has 0 aliphatic rings. The fourth-order valence-corrected chi connectivity index (χ4v) is 21.1. The van der Waals surface area contributed by atoms with Crippen LogP contribution in [-0.2, 0) is 23.2 Å². The smallest absolute Gasteiger partial charge is 0.298 e. The molecule has 12 heteroatoms. The molecule has 6 nitrogen and oxygen atoms in total. The Hall–Kier alpha value is 0.314. The number of rotatable bonds is 23. The molecule has 0 bridgehead atoms. The van der Waals surface area contributed by atoms with E-state index in [1.54, 1.807) is 0 Å². The van der Waals surface area contributed by atoms with E-state index < -0.39 is 32.9 Å². The number of halogens is 3. The van der Waals surface area contributed by atoms with Gasteiger partial charge in [0.2, 0.25) is 0 Å². The van der Waals surface area contributed by atoms with Crippen LogP contribution in [0.5, 0.6) is 0 Å². The summed E-state index contributed by atoms with van der Waals surface area (Å²) < 4.78 is 43.9. The summed E-state index contributed by atoms with van der Waals surface area (Å²) in [6.45, 7) is 33.1. The summed E-state index contributed by atoms with van der Waals surface area (Å²) in [6, 6.07) is 2.55. The topological polar surface area (TPSA) is 82.1 Å². The molecule has 0 heterocycles. The van der Waals surface area contributed by atoms with Gasteiger partial charge in [-0.3, -0.25) is 4.18 Å². The van der Waals surface area contributed by atoms with Gasteiger partial charge in [0.05, 0.1) is 27.3 Å². The van der Waals surface area contributed by atoms with E-state index in [9.17, 15) is 13.5 Å². The largest absolute Gasteiger partial charge is 0.416 e. The van der Waals surface area contributed by atoms with Gasteiger partial charge in [-0.25, -0.2) is 0 Å². The molecule has 0 aliphatic heterocycles. The molecular formula is C38H73Cl3O6SSi2. The minimum absolute atomic E-state index is 0.00462. The van der Waals surface area contributed by atoms with E-state index in [-0.39, 0.29) is 26.1 Å². The van der Waals surface area contributed by atoms with Crippen molar-refractivity contribution in [3.8, 4) is 0 Å². The molecule has 0 radical (unpaired) electrons. The number of aliphatic hydroxyl groups is 1. The second kappa shape index (κ2) is 24.0. The zero-order valence-corrected chi connectivity index (χ0v) is 39.0. The van der Waals surface area contributed by atoms with Crippen molar-refractivity contribution < 1.29 is 26.6 Å². The van der Waals surface area contributed by atoms with Crippen LogP contribution in [0.3, 0.4) is 0 Å². The van der Waals surface area contributed by atoms with Crippen LogP contribution in [-0.4, -0.2) is 55.6 Å². The number of aliphatic hydroxyl groups excluding tert-OH is 1. The van der Waals surface area contributed by atoms with Gasteiger partial charge in [-0.1, -0.05) is 132 Å². The van der Waals surface area contributed by atoms with E-state index in [1.807, 2.05) is 13.8 Å². The fourth-order valence-electron chi connectivity index (χ4n) is 7.91. The van der Waals surface area contributed by atoms with Crippen LogP contribution in [0.1, 0.15) is 148 Å². The maximum atomic E-state index is 12.7. The lowest BCUT2D eigenvalue weighted by Crippen LogP contribution is -2.47. The van der Waals surface area contributed by atoms with Crippen molar-refractivity contribution in [1.29, 1.82) is 0 Å². The summed E-state index contributed by atoms with van der Waals surface area (Å²) >= 11 is 17.9. The summed E-state index contributed by atoms with van der Waals surface area (Å²) in [5.41, 5.74) is 3.61. The Morgan fingerprint density at radius 1 is 0.600 bits per heavy atom. The average molecular weight is 821 g/mol. The highest BCUT2D eigenvalue weighted by atomic mass is 35.5. The molecule has 1 aromatic carbocycles. The minimum atomic E-state index is -4.04. The van der Waals surface area contributed by atoms with Gasteiger partial charge in [0, 0.05) is 13.2 Å². The zero-order chi connectivity index (χ0) is 39.0. The van der Waals surface area contributed by atoms with Gasteiger partial charge in [0.15, 0.2) is 16.6 Å². The van der Waals surface area contributed by atoms with Gasteiger partial charge in [0.25, 0.3) is 10.1 Å². The predicted molar refractivity (Wildman–Crippen MR) is 222 cm³/mol. The van der Waals surface area contributed by atoms with Crippen LogP contribution in [0.2, 0.25) is 48.3 Å². The molecule has 2 unspecified atom stereocenters. The van der Waals surface area contributed by atoms with Crippen LogP contribution in [0, 0.1) is 0 Å². The van der Waals surface area contributed by atoms with Crippen molar-refractivity contribution in [3.63, 3.8) is 0 Å². The number of hydrogen-bond acceptors (Lipinski definition) is 6. The number of benzene rings is 1. The Morgan fingerprint density at radius 2 is 0.980 bits per heavy atom. The van der Waals surface area contributed by atoms with Crippen molar-refractivity contribution >= 4 is 61.6 Å². The monoisotopic (exact) mass is 818 g/mol. The van der Waals surface area contributed by atoms with Gasteiger partial charge < -0.3 is 14.0 Å². The standard InChI is InChI=1S/C22H37Cl3O4SSi.C16H36O2Si/c1-8-18(29-30(26,27)22-14-20(24)19(23)13-21(22)25)11-9-10-12-28-31(15(2)3,16(4)5)17(6)7;1-8-16(17)11-9-10-12-18-19(13(2)3,14(4)5)15(6)7/h13-18H,8-12H2,1-7H3;13-17H,8-12H2,1-7H3. The normalized spacial score (nSPS) is 14.3. The van der Waals surface area contributed by atoms with E-state index in [0.717, 1.165) is 45.1 Å². The summed E-state index contributed by atoms with van der Waals surface area (Å²) in [5.74, 6) is 0. The third kappa shape index (κ3) is 14.9. The predicted octanol–water partition coefficient (Wildman–Crippen LogP) is 13.6. The molecule has 1 N–H and O–H groups in total. The van der Waals surface area contributed by atoms with Crippen LogP contribution in [0.4, 0.5) is 0 Å². The van der Waals surface area contributed by atoms with Gasteiger partial charge in [-0.2, -0.15) is 8.42 Å². The van der Waals surface area contributed by atoms with E-state index in [4.69, 9.17) is 47.8 Å². The fraction of sp³-hybridized carbons (Fsp3) is 0.842. The summed E-state index contributed by atoms with van der Waals surface area (Å²) in [7, 11) is -7.59. The Kier molecular flexibility index (Phi) is 24.1. The van der Waals surface area contributed by atoms with Crippen LogP contribution in [0.25, 0.3) is 0 Å². The highest BCUT2D eigenvalue weighted by Crippen LogP contribution is 2.43. The Morgan fingerprint density at radius 3 is 1.34 bits per heavy atom. The lowest BCUT2D eigenvalue weighted by Gasteiger charge is -2.42. The maximum Gasteiger partial charge on any atom is 0.298 e. The third-order valence-corrected chi connectivity index (χ3v) is 25.2. The first kappa shape index (κ1) is 50.3. The second-order valence-electron chi connectivity index (χ2n) is 15.7. The first-order valence-corrected chi connectivity index (χ1v) is 25.9. The van der Waals surface area contributed by atoms with Crippen molar-refractivity contribution in [1.82, 2.24) is 0 Å². The highest BCUT2D eigenvalue weighted by Gasteiger charge is 2.45. The van der Waals surface area contributed by atoms with Gasteiger partial charge >= 0.3 is 0 Å². The van der Waals surface area contributed by atoms with Crippen molar-refractivity contribution in [2.24, 2.45) is 0 Å². The molecule has 1 aromatic rings. The van der Waals surface area contributed by atoms with E-state index in [0.29, 0.717) is 52.7 Å². The van der Waals surface area contributed by atoms with E-state index >= 15 is 0 Å². The first-order valence-electron chi connectivity index (χ1n) is 19.1. The second-order valence-corrected chi connectivity index (χ2v) is 29.3. The maximum absolute atomic E-state index is 12.7. The molecule has 1 rings (SSSR count). The lowest BCUT2D eigenvalue weighted by atomic mass is 10.1. The number of unbranched alkanes of at least 4 members (excludes halogenated alkanes) is 2. The molecular weight excluding hydrogens is 747 g/mol. The van der Waals surface area contributed by atoms with Gasteiger partial charge in [-0.15, -0.1) is 0 Å². The molecule has 0 saturated heterocycles. The average Bonchev–Trinajstić information content (AvgIpc) is 3.00.